The van der Waals surface area contributed by atoms with Crippen LogP contribution in [0.15, 0.2) is 42.0 Å². The maximum Gasteiger partial charge on any atom is 0.387 e. The lowest BCUT2D eigenvalue weighted by molar-refractivity contribution is -0.133. The number of carbonyl (C=O) groups is 1. The van der Waals surface area contributed by atoms with Crippen LogP contribution in [0, 0.1) is 12.8 Å². The number of aryl methyl sites for hydroxylation is 1. The SMILES string of the molecule is COc1ccc(N2CCN(C(=O)Cc3n[nH]c(C)n3)C(CC3=CC=CCC3C)C2)cc1OC(F)F. The van der Waals surface area contributed by atoms with Crippen LogP contribution in [-0.4, -0.2) is 65.4 Å². The third-order valence-corrected chi connectivity index (χ3v) is 6.52. The van der Waals surface area contributed by atoms with E-state index in [9.17, 15) is 13.6 Å². The lowest BCUT2D eigenvalue weighted by atomic mass is 9.87. The van der Waals surface area contributed by atoms with E-state index < -0.39 is 6.61 Å². The van der Waals surface area contributed by atoms with E-state index in [2.05, 4.69) is 50.0 Å². The number of hydrogen-bond donors (Lipinski definition) is 1. The number of aromatic nitrogens is 3. The Morgan fingerprint density at radius 3 is 2.80 bits per heavy atom. The number of anilines is 1. The molecule has 0 saturated carbocycles. The molecular formula is C25H31F2N5O3. The van der Waals surface area contributed by atoms with Crippen molar-refractivity contribution < 1.29 is 23.0 Å². The van der Waals surface area contributed by atoms with Crippen molar-refractivity contribution in [3.8, 4) is 11.5 Å². The summed E-state index contributed by atoms with van der Waals surface area (Å²) in [5.41, 5.74) is 2.04. The summed E-state index contributed by atoms with van der Waals surface area (Å²) in [6, 6.07) is 4.94. The maximum atomic E-state index is 13.3. The fourth-order valence-corrected chi connectivity index (χ4v) is 4.68. The summed E-state index contributed by atoms with van der Waals surface area (Å²) in [4.78, 5) is 21.6. The number of aromatic amines is 1. The van der Waals surface area contributed by atoms with Crippen molar-refractivity contribution in [2.75, 3.05) is 31.6 Å². The highest BCUT2D eigenvalue weighted by molar-refractivity contribution is 5.79. The average molecular weight is 488 g/mol. The van der Waals surface area contributed by atoms with E-state index >= 15 is 0 Å². The number of alkyl halides is 2. The fourth-order valence-electron chi connectivity index (χ4n) is 4.68. The highest BCUT2D eigenvalue weighted by Gasteiger charge is 2.33. The molecule has 1 aliphatic carbocycles. The van der Waals surface area contributed by atoms with Crippen LogP contribution >= 0.6 is 0 Å². The van der Waals surface area contributed by atoms with Gasteiger partial charge in [0.15, 0.2) is 17.3 Å². The van der Waals surface area contributed by atoms with Crippen LogP contribution in [0.2, 0.25) is 0 Å². The maximum absolute atomic E-state index is 13.3. The first-order valence-corrected chi connectivity index (χ1v) is 11.7. The van der Waals surface area contributed by atoms with Gasteiger partial charge in [-0.3, -0.25) is 9.89 Å². The molecule has 1 amide bonds. The molecule has 8 nitrogen and oxygen atoms in total. The molecule has 2 unspecified atom stereocenters. The molecule has 188 valence electrons. The second-order valence-corrected chi connectivity index (χ2v) is 8.93. The van der Waals surface area contributed by atoms with Crippen LogP contribution in [0.25, 0.3) is 0 Å². The Bertz CT molecular complexity index is 1100. The largest absolute Gasteiger partial charge is 0.493 e. The first-order chi connectivity index (χ1) is 16.8. The molecule has 1 aromatic carbocycles. The fraction of sp³-hybridized carbons (Fsp3) is 0.480. The minimum absolute atomic E-state index is 0.0104. The van der Waals surface area contributed by atoms with Crippen LogP contribution in [0.5, 0.6) is 11.5 Å². The number of methoxy groups -OCH3 is 1. The number of rotatable bonds is 8. The minimum atomic E-state index is -2.95. The third-order valence-electron chi connectivity index (χ3n) is 6.52. The van der Waals surface area contributed by atoms with Gasteiger partial charge in [-0.15, -0.1) is 0 Å². The third kappa shape index (κ3) is 5.98. The lowest BCUT2D eigenvalue weighted by Crippen LogP contribution is -2.56. The van der Waals surface area contributed by atoms with Crippen molar-refractivity contribution in [3.05, 3.63) is 53.6 Å². The molecule has 1 saturated heterocycles. The highest BCUT2D eigenvalue weighted by atomic mass is 19.3. The number of H-pyrrole nitrogens is 1. The number of piperazine rings is 1. The Kier molecular flexibility index (Phi) is 7.67. The van der Waals surface area contributed by atoms with Gasteiger partial charge in [-0.05, 0) is 37.8 Å². The monoisotopic (exact) mass is 487 g/mol. The predicted octanol–water partition coefficient (Wildman–Crippen LogP) is 3.90. The molecule has 0 spiro atoms. The van der Waals surface area contributed by atoms with Gasteiger partial charge in [0, 0.05) is 31.4 Å². The zero-order valence-electron chi connectivity index (χ0n) is 20.2. The number of benzene rings is 1. The van der Waals surface area contributed by atoms with Crippen LogP contribution in [0.4, 0.5) is 14.5 Å². The quantitative estimate of drug-likeness (QED) is 0.608. The highest BCUT2D eigenvalue weighted by Crippen LogP contribution is 2.35. The number of halogens is 2. The van der Waals surface area contributed by atoms with Gasteiger partial charge in [-0.1, -0.05) is 30.7 Å². The molecule has 1 fully saturated rings. The zero-order valence-corrected chi connectivity index (χ0v) is 20.2. The molecular weight excluding hydrogens is 456 g/mol. The number of allylic oxidation sites excluding steroid dienone is 3. The Morgan fingerprint density at radius 2 is 2.11 bits per heavy atom. The van der Waals surface area contributed by atoms with Crippen molar-refractivity contribution in [1.82, 2.24) is 20.1 Å². The van der Waals surface area contributed by atoms with Gasteiger partial charge >= 0.3 is 6.61 Å². The van der Waals surface area contributed by atoms with E-state index in [-0.39, 0.29) is 29.9 Å². The molecule has 2 atom stereocenters. The molecule has 0 bridgehead atoms. The Labute approximate surface area is 203 Å². The van der Waals surface area contributed by atoms with Crippen molar-refractivity contribution in [2.24, 2.45) is 5.92 Å². The number of nitrogens with zero attached hydrogens (tertiary/aromatic N) is 4. The van der Waals surface area contributed by atoms with Crippen molar-refractivity contribution in [2.45, 2.75) is 45.8 Å². The predicted molar refractivity (Wildman–Crippen MR) is 128 cm³/mol. The first-order valence-electron chi connectivity index (χ1n) is 11.7. The van der Waals surface area contributed by atoms with Gasteiger partial charge < -0.3 is 19.3 Å². The first kappa shape index (κ1) is 24.7. The van der Waals surface area contributed by atoms with Gasteiger partial charge in [-0.2, -0.15) is 13.9 Å². The van der Waals surface area contributed by atoms with Crippen LogP contribution < -0.4 is 14.4 Å². The summed E-state index contributed by atoms with van der Waals surface area (Å²) in [5, 5.41) is 6.90. The zero-order chi connectivity index (χ0) is 24.9. The second-order valence-electron chi connectivity index (χ2n) is 8.93. The summed E-state index contributed by atoms with van der Waals surface area (Å²) in [5.74, 6) is 1.76. The molecule has 1 aliphatic heterocycles. The van der Waals surface area contributed by atoms with Crippen molar-refractivity contribution in [1.29, 1.82) is 0 Å². The van der Waals surface area contributed by atoms with Crippen LogP contribution in [0.1, 0.15) is 31.4 Å². The smallest absolute Gasteiger partial charge is 0.387 e. The van der Waals surface area contributed by atoms with Gasteiger partial charge in [0.2, 0.25) is 5.91 Å². The molecule has 10 heteroatoms. The van der Waals surface area contributed by atoms with Gasteiger partial charge in [-0.25, -0.2) is 4.98 Å². The van der Waals surface area contributed by atoms with Gasteiger partial charge in [0.1, 0.15) is 5.82 Å². The van der Waals surface area contributed by atoms with E-state index in [1.165, 1.54) is 12.7 Å². The molecule has 35 heavy (non-hydrogen) atoms. The van der Waals surface area contributed by atoms with Gasteiger partial charge in [0.25, 0.3) is 0 Å². The van der Waals surface area contributed by atoms with Gasteiger partial charge in [0.05, 0.1) is 19.6 Å². The molecule has 1 N–H and O–H groups in total. The molecule has 2 aliphatic rings. The van der Waals surface area contributed by atoms with Crippen molar-refractivity contribution >= 4 is 11.6 Å². The molecule has 1 aromatic heterocycles. The Balaban J connectivity index is 1.56. The topological polar surface area (TPSA) is 83.6 Å². The normalized spacial score (nSPS) is 20.2. The minimum Gasteiger partial charge on any atom is -0.493 e. The summed E-state index contributed by atoms with van der Waals surface area (Å²) >= 11 is 0. The molecule has 2 heterocycles. The van der Waals surface area contributed by atoms with E-state index in [0.717, 1.165) is 18.5 Å². The summed E-state index contributed by atoms with van der Waals surface area (Å²) in [7, 11) is 1.41. The lowest BCUT2D eigenvalue weighted by Gasteiger charge is -2.43. The van der Waals surface area contributed by atoms with E-state index in [4.69, 9.17) is 4.74 Å². The summed E-state index contributed by atoms with van der Waals surface area (Å²) < 4.78 is 35.7. The number of ether oxygens (including phenoxy) is 2. The number of amides is 1. The van der Waals surface area contributed by atoms with E-state index in [0.29, 0.717) is 37.2 Å². The average Bonchev–Trinajstić information content (AvgIpc) is 3.24. The Morgan fingerprint density at radius 1 is 1.29 bits per heavy atom. The van der Waals surface area contributed by atoms with Crippen LogP contribution in [-0.2, 0) is 11.2 Å². The summed E-state index contributed by atoms with van der Waals surface area (Å²) in [6.07, 6.45) is 8.19. The van der Waals surface area contributed by atoms with Crippen molar-refractivity contribution in [3.63, 3.8) is 0 Å². The number of nitrogens with one attached hydrogen (secondary N) is 1. The number of carbonyl (C=O) groups excluding carboxylic acids is 1. The molecule has 4 rings (SSSR count). The summed E-state index contributed by atoms with van der Waals surface area (Å²) in [6.45, 7) is 2.66. The Hall–Kier alpha value is -3.43. The van der Waals surface area contributed by atoms with Crippen LogP contribution in [0.3, 0.4) is 0 Å². The molecule has 0 radical (unpaired) electrons. The standard InChI is InChI=1S/C25H31F2N5O3/c1-16-6-4-5-7-18(16)12-20-15-31(19-8-9-21(34-3)22(13-19)35-25(26)27)10-11-32(20)24(33)14-23-28-17(2)29-30-23/h4-5,7-9,13,16,20,25H,6,10-12,14-15H2,1-3H3,(H,28,29,30). The van der Waals surface area contributed by atoms with E-state index in [1.54, 1.807) is 19.1 Å². The second kappa shape index (κ2) is 10.9. The van der Waals surface area contributed by atoms with E-state index in [1.807, 2.05) is 11.0 Å². The number of hydrogen-bond acceptors (Lipinski definition) is 6. The molecule has 2 aromatic rings.